The molecule has 5 heteroatoms. The molecule has 0 bridgehead atoms. The first-order chi connectivity index (χ1) is 9.60. The molecule has 0 spiro atoms. The summed E-state index contributed by atoms with van der Waals surface area (Å²) in [5.74, 6) is 0.0394. The summed E-state index contributed by atoms with van der Waals surface area (Å²) in [5.41, 5.74) is 1.75. The van der Waals surface area contributed by atoms with Crippen molar-refractivity contribution < 1.29 is 4.79 Å². The van der Waals surface area contributed by atoms with Gasteiger partial charge < -0.3 is 10.2 Å². The highest BCUT2D eigenvalue weighted by atomic mass is 79.9. The topological polar surface area (TPSA) is 32.3 Å². The molecule has 3 nitrogen and oxygen atoms in total. The Labute approximate surface area is 131 Å². The average Bonchev–Trinajstić information content (AvgIpc) is 2.84. The molecule has 2 rings (SSSR count). The van der Waals surface area contributed by atoms with Crippen molar-refractivity contribution in [2.75, 3.05) is 18.9 Å². The summed E-state index contributed by atoms with van der Waals surface area (Å²) in [6, 6.07) is 9.64. The first-order valence-electron chi connectivity index (χ1n) is 6.42. The van der Waals surface area contributed by atoms with Gasteiger partial charge in [0, 0.05) is 39.6 Å². The first-order valence-corrected chi connectivity index (χ1v) is 8.09. The average molecular weight is 353 g/mol. The molecular weight excluding hydrogens is 336 g/mol. The number of carbonyl (C=O) groups is 1. The fourth-order valence-corrected chi connectivity index (χ4v) is 3.40. The van der Waals surface area contributed by atoms with Crippen molar-refractivity contribution >= 4 is 38.9 Å². The summed E-state index contributed by atoms with van der Waals surface area (Å²) in [7, 11) is 1.83. The van der Waals surface area contributed by atoms with Crippen LogP contribution in [0, 0.1) is 0 Å². The van der Waals surface area contributed by atoms with Gasteiger partial charge in [-0.2, -0.15) is 0 Å². The zero-order chi connectivity index (χ0) is 14.5. The Kier molecular flexibility index (Phi) is 5.20. The van der Waals surface area contributed by atoms with Crippen molar-refractivity contribution in [3.05, 3.63) is 50.6 Å². The lowest BCUT2D eigenvalue weighted by molar-refractivity contribution is 0.0786. The number of hydrogen-bond donors (Lipinski definition) is 1. The van der Waals surface area contributed by atoms with Gasteiger partial charge in [-0.25, -0.2) is 0 Å². The van der Waals surface area contributed by atoms with E-state index in [0.717, 1.165) is 21.6 Å². The van der Waals surface area contributed by atoms with Crippen LogP contribution in [0.1, 0.15) is 22.2 Å². The molecular formula is C15H17BrN2OS. The van der Waals surface area contributed by atoms with Crippen molar-refractivity contribution in [1.82, 2.24) is 4.90 Å². The predicted molar refractivity (Wildman–Crippen MR) is 88.4 cm³/mol. The normalized spacial score (nSPS) is 10.3. The molecule has 0 aliphatic rings. The van der Waals surface area contributed by atoms with Crippen LogP contribution >= 0.6 is 27.3 Å². The van der Waals surface area contributed by atoms with E-state index in [1.807, 2.05) is 49.7 Å². The Hall–Kier alpha value is -1.33. The third-order valence-electron chi connectivity index (χ3n) is 2.87. The number of halogens is 1. The molecule has 0 fully saturated rings. The van der Waals surface area contributed by atoms with Crippen molar-refractivity contribution in [2.24, 2.45) is 0 Å². The third kappa shape index (κ3) is 3.84. The molecule has 2 aromatic rings. The molecule has 1 amide bonds. The van der Waals surface area contributed by atoms with Gasteiger partial charge in [-0.1, -0.05) is 0 Å². The van der Waals surface area contributed by atoms with Gasteiger partial charge in [0.15, 0.2) is 0 Å². The van der Waals surface area contributed by atoms with E-state index in [0.29, 0.717) is 12.1 Å². The molecule has 0 radical (unpaired) electrons. The van der Waals surface area contributed by atoms with E-state index >= 15 is 0 Å². The van der Waals surface area contributed by atoms with Crippen LogP contribution in [0.5, 0.6) is 0 Å². The van der Waals surface area contributed by atoms with Crippen LogP contribution in [-0.4, -0.2) is 24.4 Å². The minimum Gasteiger partial charge on any atom is -0.385 e. The quantitative estimate of drug-likeness (QED) is 0.873. The van der Waals surface area contributed by atoms with Crippen molar-refractivity contribution in [3.8, 4) is 0 Å². The lowest BCUT2D eigenvalue weighted by atomic mass is 10.2. The van der Waals surface area contributed by atoms with Gasteiger partial charge in [-0.3, -0.25) is 4.79 Å². The van der Waals surface area contributed by atoms with Crippen LogP contribution in [0.25, 0.3) is 0 Å². The van der Waals surface area contributed by atoms with E-state index in [9.17, 15) is 4.79 Å². The number of amides is 1. The standard InChI is InChI=1S/C15H17BrN2OS/c1-3-17-13-6-4-11(5-7-13)15(19)18(2)9-14-8-12(16)10-20-14/h4-8,10,17H,3,9H2,1-2H3. The Morgan fingerprint density at radius 1 is 1.35 bits per heavy atom. The molecule has 1 heterocycles. The summed E-state index contributed by atoms with van der Waals surface area (Å²) >= 11 is 5.08. The maximum atomic E-state index is 12.3. The number of benzene rings is 1. The second-order valence-corrected chi connectivity index (χ2v) is 6.41. The Morgan fingerprint density at radius 2 is 2.05 bits per heavy atom. The zero-order valence-electron chi connectivity index (χ0n) is 11.5. The molecule has 1 N–H and O–H groups in total. The highest BCUT2D eigenvalue weighted by Gasteiger charge is 2.12. The summed E-state index contributed by atoms with van der Waals surface area (Å²) in [6.45, 7) is 3.55. The molecule has 0 aliphatic carbocycles. The Bertz CT molecular complexity index is 580. The van der Waals surface area contributed by atoms with Crippen molar-refractivity contribution in [1.29, 1.82) is 0 Å². The molecule has 0 atom stereocenters. The largest absolute Gasteiger partial charge is 0.385 e. The van der Waals surface area contributed by atoms with Crippen LogP contribution in [0.2, 0.25) is 0 Å². The lowest BCUT2D eigenvalue weighted by Crippen LogP contribution is -2.25. The smallest absolute Gasteiger partial charge is 0.253 e. The Balaban J connectivity index is 2.02. The van der Waals surface area contributed by atoms with Gasteiger partial charge in [0.2, 0.25) is 0 Å². The molecule has 20 heavy (non-hydrogen) atoms. The van der Waals surface area contributed by atoms with Crippen LogP contribution in [0.4, 0.5) is 5.69 Å². The van der Waals surface area contributed by atoms with Crippen LogP contribution < -0.4 is 5.32 Å². The van der Waals surface area contributed by atoms with Gasteiger partial charge in [-0.05, 0) is 53.2 Å². The number of anilines is 1. The second kappa shape index (κ2) is 6.90. The van der Waals surface area contributed by atoms with Crippen molar-refractivity contribution in [3.63, 3.8) is 0 Å². The maximum absolute atomic E-state index is 12.3. The van der Waals surface area contributed by atoms with E-state index < -0.39 is 0 Å². The summed E-state index contributed by atoms with van der Waals surface area (Å²) < 4.78 is 1.06. The van der Waals surface area contributed by atoms with E-state index in [2.05, 4.69) is 21.2 Å². The number of rotatable bonds is 5. The fourth-order valence-electron chi connectivity index (χ4n) is 1.90. The molecule has 1 aromatic carbocycles. The number of hydrogen-bond acceptors (Lipinski definition) is 3. The SMILES string of the molecule is CCNc1ccc(C(=O)N(C)Cc2cc(Br)cs2)cc1. The highest BCUT2D eigenvalue weighted by molar-refractivity contribution is 9.10. The van der Waals surface area contributed by atoms with Crippen LogP contribution in [-0.2, 0) is 6.54 Å². The van der Waals surface area contributed by atoms with Gasteiger partial charge in [0.05, 0.1) is 6.54 Å². The van der Waals surface area contributed by atoms with E-state index in [-0.39, 0.29) is 5.91 Å². The second-order valence-electron chi connectivity index (χ2n) is 4.50. The van der Waals surface area contributed by atoms with Gasteiger partial charge in [0.25, 0.3) is 5.91 Å². The summed E-state index contributed by atoms with van der Waals surface area (Å²) in [5, 5.41) is 5.24. The zero-order valence-corrected chi connectivity index (χ0v) is 13.9. The molecule has 0 aliphatic heterocycles. The molecule has 0 saturated heterocycles. The van der Waals surface area contributed by atoms with Gasteiger partial charge in [-0.15, -0.1) is 11.3 Å². The number of nitrogens with zero attached hydrogens (tertiary/aromatic N) is 1. The van der Waals surface area contributed by atoms with E-state index in [1.165, 1.54) is 0 Å². The summed E-state index contributed by atoms with van der Waals surface area (Å²) in [4.78, 5) is 15.2. The number of carbonyl (C=O) groups excluding carboxylic acids is 1. The van der Waals surface area contributed by atoms with Crippen molar-refractivity contribution in [2.45, 2.75) is 13.5 Å². The molecule has 1 aromatic heterocycles. The van der Waals surface area contributed by atoms with Crippen LogP contribution in [0.3, 0.4) is 0 Å². The fraction of sp³-hybridized carbons (Fsp3) is 0.267. The monoisotopic (exact) mass is 352 g/mol. The van der Waals surface area contributed by atoms with E-state index in [4.69, 9.17) is 0 Å². The lowest BCUT2D eigenvalue weighted by Gasteiger charge is -2.16. The minimum absolute atomic E-state index is 0.0394. The maximum Gasteiger partial charge on any atom is 0.253 e. The van der Waals surface area contributed by atoms with Gasteiger partial charge >= 0.3 is 0 Å². The number of nitrogens with one attached hydrogen (secondary N) is 1. The minimum atomic E-state index is 0.0394. The van der Waals surface area contributed by atoms with Gasteiger partial charge in [0.1, 0.15) is 0 Å². The number of thiophene rings is 1. The summed E-state index contributed by atoms with van der Waals surface area (Å²) in [6.07, 6.45) is 0. The first kappa shape index (κ1) is 15.1. The third-order valence-corrected chi connectivity index (χ3v) is 4.56. The Morgan fingerprint density at radius 3 is 2.60 bits per heavy atom. The molecule has 106 valence electrons. The molecule has 0 saturated carbocycles. The highest BCUT2D eigenvalue weighted by Crippen LogP contribution is 2.21. The van der Waals surface area contributed by atoms with Crippen LogP contribution in [0.15, 0.2) is 40.2 Å². The van der Waals surface area contributed by atoms with E-state index in [1.54, 1.807) is 16.2 Å². The molecule has 0 unspecified atom stereocenters. The predicted octanol–water partition coefficient (Wildman–Crippen LogP) is 4.21.